The second-order valence-corrected chi connectivity index (χ2v) is 21.3. The number of rotatable bonds is 20. The van der Waals surface area contributed by atoms with E-state index in [0.717, 1.165) is 36.4 Å². The van der Waals surface area contributed by atoms with Gasteiger partial charge in [-0.2, -0.15) is 25.4 Å². The first-order valence-electron chi connectivity index (χ1n) is 20.5. The number of carbonyl (C=O) groups excluding carboxylic acids is 2. The van der Waals surface area contributed by atoms with Crippen LogP contribution in [0.1, 0.15) is 31.8 Å². The Hall–Kier alpha value is -5.36. The molecular weight excluding hydrogens is 977 g/mol. The maximum absolute atomic E-state index is 13.7. The Kier molecular flexibility index (Phi) is 17.1. The number of carbonyl (C=O) groups is 2. The van der Waals surface area contributed by atoms with Crippen LogP contribution in [0.3, 0.4) is 0 Å². The van der Waals surface area contributed by atoms with Crippen LogP contribution in [0.4, 0.5) is 11.4 Å². The number of nitrogens with one attached hydrogen (secondary N) is 2. The standard InChI is InChI=1S/C42H48N4O18S4/c1-59-21-23-63-35-11-7-31(25-39(35)65(49,50)45-13-17-61-18-14-45)41(47)43-33-9-5-29(37(27-33)67(53,54)55)3-4-30-6-10-34(28-38(30)68(56,57)58)44-42(48)32-8-12-36(64-24-22-60-2)40(26-32)66(51,52)46-15-19-62-20-16-46/h3-12,25-28H,13-24H2,1-2H3,(H,43,47)(H,44,48)(H,53,54,55)(H,56,57,58)/b4-3+. The summed E-state index contributed by atoms with van der Waals surface area (Å²) in [6.45, 7) is 1.20. The third kappa shape index (κ3) is 12.8. The zero-order valence-electron chi connectivity index (χ0n) is 36.5. The molecule has 0 aromatic heterocycles. The first-order valence-corrected chi connectivity index (χ1v) is 26.2. The first-order chi connectivity index (χ1) is 32.2. The molecule has 68 heavy (non-hydrogen) atoms. The third-order valence-electron chi connectivity index (χ3n) is 10.2. The van der Waals surface area contributed by atoms with Crippen LogP contribution >= 0.6 is 0 Å². The lowest BCUT2D eigenvalue weighted by atomic mass is 10.1. The molecule has 0 unspecified atom stereocenters. The van der Waals surface area contributed by atoms with Gasteiger partial charge < -0.3 is 39.1 Å². The molecule has 0 aliphatic carbocycles. The number of sulfonamides is 2. The second-order valence-electron chi connectivity index (χ2n) is 14.7. The number of morpholine rings is 2. The summed E-state index contributed by atoms with van der Waals surface area (Å²) in [5.74, 6) is -1.79. The number of amides is 2. The molecule has 2 aliphatic rings. The molecule has 2 fully saturated rings. The molecule has 4 N–H and O–H groups in total. The molecule has 2 saturated heterocycles. The SMILES string of the molecule is COCCOc1ccc(C(=O)Nc2ccc(/C=C/c3ccc(NC(=O)c4ccc(OCCOC)c(S(=O)(=O)N5CCOCC5)c4)cc3S(=O)(=O)O)c(S(=O)(=O)O)c2)cc1S(=O)(=O)N1CCOCC1. The fraction of sp³-hybridized carbons (Fsp3) is 0.333. The van der Waals surface area contributed by atoms with Gasteiger partial charge in [-0.25, -0.2) is 16.8 Å². The summed E-state index contributed by atoms with van der Waals surface area (Å²) >= 11 is 0. The summed E-state index contributed by atoms with van der Waals surface area (Å²) < 4.78 is 160. The summed E-state index contributed by atoms with van der Waals surface area (Å²) in [5.41, 5.74) is -0.968. The van der Waals surface area contributed by atoms with Gasteiger partial charge >= 0.3 is 0 Å². The summed E-state index contributed by atoms with van der Waals surface area (Å²) in [5, 5.41) is 4.96. The Bertz CT molecular complexity index is 2790. The normalized spacial score (nSPS) is 15.5. The maximum atomic E-state index is 13.7. The van der Waals surface area contributed by atoms with Gasteiger partial charge in [0.25, 0.3) is 32.1 Å². The topological polar surface area (TPSA) is 297 Å². The zero-order chi connectivity index (χ0) is 49.3. The van der Waals surface area contributed by atoms with Gasteiger partial charge in [0.2, 0.25) is 20.0 Å². The molecule has 26 heteroatoms. The van der Waals surface area contributed by atoms with Crippen LogP contribution < -0.4 is 20.1 Å². The summed E-state index contributed by atoms with van der Waals surface area (Å²) in [4.78, 5) is 24.9. The minimum atomic E-state index is -5.03. The molecule has 0 radical (unpaired) electrons. The van der Waals surface area contributed by atoms with Crippen LogP contribution in [-0.2, 0) is 59.2 Å². The number of nitrogens with zero attached hydrogens (tertiary/aromatic N) is 2. The van der Waals surface area contributed by atoms with Gasteiger partial charge in [-0.05, 0) is 71.8 Å². The van der Waals surface area contributed by atoms with E-state index in [0.29, 0.717) is 0 Å². The van der Waals surface area contributed by atoms with Crippen LogP contribution in [0.15, 0.2) is 92.4 Å². The van der Waals surface area contributed by atoms with Gasteiger partial charge in [-0.1, -0.05) is 24.3 Å². The first kappa shape index (κ1) is 52.0. The minimum Gasteiger partial charge on any atom is -0.490 e. The van der Waals surface area contributed by atoms with Crippen LogP contribution in [0, 0.1) is 0 Å². The predicted octanol–water partition coefficient (Wildman–Crippen LogP) is 2.95. The molecule has 0 saturated carbocycles. The maximum Gasteiger partial charge on any atom is 0.295 e. The van der Waals surface area contributed by atoms with Crippen molar-refractivity contribution in [3.8, 4) is 11.5 Å². The number of hydrogen-bond donors (Lipinski definition) is 4. The Morgan fingerprint density at radius 2 is 0.912 bits per heavy atom. The van der Waals surface area contributed by atoms with Crippen molar-refractivity contribution >= 4 is 75.6 Å². The number of methoxy groups -OCH3 is 2. The van der Waals surface area contributed by atoms with Crippen molar-refractivity contribution in [2.75, 3.05) is 104 Å². The van der Waals surface area contributed by atoms with E-state index in [-0.39, 0.29) is 134 Å². The molecule has 368 valence electrons. The van der Waals surface area contributed by atoms with E-state index in [1.54, 1.807) is 0 Å². The lowest BCUT2D eigenvalue weighted by molar-refractivity contribution is 0.0729. The molecule has 0 atom stereocenters. The Labute approximate surface area is 393 Å². The quantitative estimate of drug-likeness (QED) is 0.0562. The molecular formula is C42H48N4O18S4. The van der Waals surface area contributed by atoms with Crippen molar-refractivity contribution in [1.82, 2.24) is 8.61 Å². The highest BCUT2D eigenvalue weighted by Gasteiger charge is 2.32. The molecule has 2 heterocycles. The molecule has 6 rings (SSSR count). The average Bonchev–Trinajstić information content (AvgIpc) is 3.31. The van der Waals surface area contributed by atoms with E-state index in [4.69, 9.17) is 28.4 Å². The summed E-state index contributed by atoms with van der Waals surface area (Å²) in [6.07, 6.45) is 2.21. The highest BCUT2D eigenvalue weighted by molar-refractivity contribution is 7.89. The highest BCUT2D eigenvalue weighted by atomic mass is 32.2. The number of benzene rings is 4. The van der Waals surface area contributed by atoms with Crippen molar-refractivity contribution in [2.45, 2.75) is 19.6 Å². The molecule has 0 spiro atoms. The minimum absolute atomic E-state index is 0.00497. The number of anilines is 2. The van der Waals surface area contributed by atoms with E-state index in [9.17, 15) is 52.4 Å². The van der Waals surface area contributed by atoms with Gasteiger partial charge in [-0.15, -0.1) is 0 Å². The molecule has 0 bridgehead atoms. The third-order valence-corrected chi connectivity index (χ3v) is 15.9. The van der Waals surface area contributed by atoms with Gasteiger partial charge in [-0.3, -0.25) is 18.7 Å². The van der Waals surface area contributed by atoms with Crippen LogP contribution in [-0.4, -0.2) is 156 Å². The van der Waals surface area contributed by atoms with Crippen molar-refractivity contribution in [1.29, 1.82) is 0 Å². The lowest BCUT2D eigenvalue weighted by Crippen LogP contribution is -2.40. The Morgan fingerprint density at radius 3 is 1.25 bits per heavy atom. The van der Waals surface area contributed by atoms with Gasteiger partial charge in [0.1, 0.15) is 44.3 Å². The van der Waals surface area contributed by atoms with Crippen molar-refractivity contribution in [3.05, 3.63) is 95.1 Å². The highest BCUT2D eigenvalue weighted by Crippen LogP contribution is 2.32. The van der Waals surface area contributed by atoms with Crippen molar-refractivity contribution < 1.29 is 80.8 Å². The molecule has 4 aromatic carbocycles. The largest absolute Gasteiger partial charge is 0.490 e. The Morgan fingerprint density at radius 1 is 0.544 bits per heavy atom. The molecule has 2 aliphatic heterocycles. The zero-order valence-corrected chi connectivity index (χ0v) is 39.8. The predicted molar refractivity (Wildman–Crippen MR) is 244 cm³/mol. The van der Waals surface area contributed by atoms with E-state index < -0.39 is 61.9 Å². The van der Waals surface area contributed by atoms with Gasteiger partial charge in [0, 0.05) is 62.9 Å². The van der Waals surface area contributed by atoms with Crippen molar-refractivity contribution in [3.63, 3.8) is 0 Å². The molecule has 4 aromatic rings. The average molecular weight is 1030 g/mol. The van der Waals surface area contributed by atoms with Crippen LogP contribution in [0.25, 0.3) is 12.2 Å². The molecule has 2 amide bonds. The van der Waals surface area contributed by atoms with Crippen LogP contribution in [0.5, 0.6) is 11.5 Å². The van der Waals surface area contributed by atoms with Gasteiger partial charge in [0.05, 0.1) is 39.6 Å². The fourth-order valence-electron chi connectivity index (χ4n) is 6.79. The summed E-state index contributed by atoms with van der Waals surface area (Å²) in [7, 11) is -15.5. The second kappa shape index (κ2) is 22.4. The number of ether oxygens (including phenoxy) is 6. The lowest BCUT2D eigenvalue weighted by Gasteiger charge is -2.27. The van der Waals surface area contributed by atoms with E-state index in [2.05, 4.69) is 10.6 Å². The summed E-state index contributed by atoms with van der Waals surface area (Å²) in [6, 6.07) is 14.1. The Balaban J connectivity index is 1.24. The molecule has 22 nitrogen and oxygen atoms in total. The van der Waals surface area contributed by atoms with Gasteiger partial charge in [0.15, 0.2) is 0 Å². The van der Waals surface area contributed by atoms with E-state index in [1.807, 2.05) is 0 Å². The van der Waals surface area contributed by atoms with E-state index in [1.165, 1.54) is 71.4 Å². The smallest absolute Gasteiger partial charge is 0.295 e. The number of hydrogen-bond acceptors (Lipinski definition) is 16. The monoisotopic (exact) mass is 1020 g/mol. The van der Waals surface area contributed by atoms with Crippen LogP contribution in [0.2, 0.25) is 0 Å². The van der Waals surface area contributed by atoms with Crippen molar-refractivity contribution in [2.24, 2.45) is 0 Å². The van der Waals surface area contributed by atoms with E-state index >= 15 is 0 Å². The fourth-order valence-corrected chi connectivity index (χ4v) is 11.3.